The summed E-state index contributed by atoms with van der Waals surface area (Å²) in [4.78, 5) is 0. The molecule has 1 nitrogen and oxygen atoms in total. The topological polar surface area (TPSA) is 23.8 Å². The van der Waals surface area contributed by atoms with Crippen LogP contribution in [-0.2, 0) is 0 Å². The first-order valence-electron chi connectivity index (χ1n) is 3.49. The molecule has 2 rings (SSSR count). The van der Waals surface area contributed by atoms with E-state index in [0.29, 0.717) is 15.1 Å². The summed E-state index contributed by atoms with van der Waals surface area (Å²) < 4.78 is 13.8. The molecule has 1 aromatic heterocycles. The van der Waals surface area contributed by atoms with Gasteiger partial charge >= 0.3 is 0 Å². The average molecular weight is 212 g/mol. The van der Waals surface area contributed by atoms with Crippen LogP contribution in [-0.4, -0.2) is 0 Å². The minimum Gasteiger partial charge on any atom is -0.205 e. The van der Waals surface area contributed by atoms with Gasteiger partial charge < -0.3 is 0 Å². The molecule has 0 saturated carbocycles. The molecule has 0 aliphatic heterocycles. The first kappa shape index (κ1) is 8.49. The molecule has 1 aromatic carbocycles. The molecule has 1 heterocycles. The summed E-state index contributed by atoms with van der Waals surface area (Å²) in [6, 6.07) is 4.73. The first-order chi connectivity index (χ1) is 6.24. The number of hydrogen-bond donors (Lipinski definition) is 0. The first-order valence-corrected chi connectivity index (χ1v) is 4.75. The third-order valence-corrected chi connectivity index (χ3v) is 3.08. The van der Waals surface area contributed by atoms with Crippen LogP contribution in [0.5, 0.6) is 0 Å². The molecular formula is C9H3ClFNS. The maximum Gasteiger partial charge on any atom is 0.142 e. The van der Waals surface area contributed by atoms with E-state index >= 15 is 0 Å². The normalized spacial score (nSPS) is 10.2. The van der Waals surface area contributed by atoms with Crippen LogP contribution in [0.1, 0.15) is 5.56 Å². The van der Waals surface area contributed by atoms with Crippen molar-refractivity contribution < 1.29 is 4.39 Å². The highest BCUT2D eigenvalue weighted by atomic mass is 35.5. The summed E-state index contributed by atoms with van der Waals surface area (Å²) in [5, 5.41) is 11.3. The van der Waals surface area contributed by atoms with Crippen molar-refractivity contribution in [2.45, 2.75) is 0 Å². The number of halogens is 2. The van der Waals surface area contributed by atoms with E-state index in [1.807, 2.05) is 6.07 Å². The van der Waals surface area contributed by atoms with Gasteiger partial charge in [0.15, 0.2) is 0 Å². The summed E-state index contributed by atoms with van der Waals surface area (Å²) in [6.07, 6.45) is 0. The van der Waals surface area contributed by atoms with Gasteiger partial charge in [-0.05, 0) is 17.5 Å². The molecule has 4 heteroatoms. The number of benzene rings is 1. The Bertz CT molecular complexity index is 512. The van der Waals surface area contributed by atoms with E-state index in [1.54, 1.807) is 11.4 Å². The zero-order valence-electron chi connectivity index (χ0n) is 6.34. The Hall–Kier alpha value is -1.11. The fourth-order valence-corrected chi connectivity index (χ4v) is 2.27. The Morgan fingerprint density at radius 1 is 1.54 bits per heavy atom. The zero-order chi connectivity index (χ0) is 9.42. The van der Waals surface area contributed by atoms with Crippen molar-refractivity contribution in [1.29, 1.82) is 5.26 Å². The molecule has 13 heavy (non-hydrogen) atoms. The number of fused-ring (bicyclic) bond motifs is 1. The van der Waals surface area contributed by atoms with Crippen molar-refractivity contribution in [3.05, 3.63) is 33.9 Å². The van der Waals surface area contributed by atoms with Crippen LogP contribution < -0.4 is 0 Å². The number of hydrogen-bond acceptors (Lipinski definition) is 2. The molecule has 0 saturated heterocycles. The number of rotatable bonds is 0. The standard InChI is InChI=1S/C9H3ClFNS/c10-8-5(4-12)3-7(11)9-6(8)1-2-13-9/h1-3H. The summed E-state index contributed by atoms with van der Waals surface area (Å²) >= 11 is 7.15. The maximum absolute atomic E-state index is 13.2. The van der Waals surface area contributed by atoms with Crippen LogP contribution >= 0.6 is 22.9 Å². The molecule has 2 aromatic rings. The highest BCUT2D eigenvalue weighted by molar-refractivity contribution is 7.17. The summed E-state index contributed by atoms with van der Waals surface area (Å²) in [5.74, 6) is -0.383. The molecule has 0 aliphatic carbocycles. The summed E-state index contributed by atoms with van der Waals surface area (Å²) in [6.45, 7) is 0. The average Bonchev–Trinajstić information content (AvgIpc) is 2.60. The molecular weight excluding hydrogens is 209 g/mol. The quantitative estimate of drug-likeness (QED) is 0.654. The van der Waals surface area contributed by atoms with E-state index in [1.165, 1.54) is 17.4 Å². The minimum atomic E-state index is -0.383. The van der Waals surface area contributed by atoms with Crippen molar-refractivity contribution in [2.75, 3.05) is 0 Å². The van der Waals surface area contributed by atoms with Crippen LogP contribution in [0.15, 0.2) is 17.5 Å². The third kappa shape index (κ3) is 1.19. The summed E-state index contributed by atoms with van der Waals surface area (Å²) in [5.41, 5.74) is 0.185. The fourth-order valence-electron chi connectivity index (χ4n) is 1.15. The highest BCUT2D eigenvalue weighted by Crippen LogP contribution is 2.32. The van der Waals surface area contributed by atoms with E-state index in [9.17, 15) is 4.39 Å². The SMILES string of the molecule is N#Cc1cc(F)c2sccc2c1Cl. The lowest BCUT2D eigenvalue weighted by atomic mass is 10.2. The van der Waals surface area contributed by atoms with Crippen LogP contribution in [0.2, 0.25) is 5.02 Å². The van der Waals surface area contributed by atoms with Crippen LogP contribution in [0, 0.1) is 17.1 Å². The van der Waals surface area contributed by atoms with E-state index in [-0.39, 0.29) is 11.4 Å². The number of thiophene rings is 1. The predicted octanol–water partition coefficient (Wildman–Crippen LogP) is 3.57. The fraction of sp³-hybridized carbons (Fsp3) is 0. The van der Waals surface area contributed by atoms with Crippen molar-refractivity contribution in [1.82, 2.24) is 0 Å². The van der Waals surface area contributed by atoms with Gasteiger partial charge in [0.05, 0.1) is 15.3 Å². The second kappa shape index (κ2) is 2.99. The van der Waals surface area contributed by atoms with Gasteiger partial charge in [-0.25, -0.2) is 4.39 Å². The molecule has 0 unspecified atom stereocenters. The molecule has 64 valence electrons. The monoisotopic (exact) mass is 211 g/mol. The van der Waals surface area contributed by atoms with E-state index in [0.717, 1.165) is 0 Å². The second-order valence-corrected chi connectivity index (χ2v) is 3.79. The van der Waals surface area contributed by atoms with Crippen molar-refractivity contribution in [3.63, 3.8) is 0 Å². The van der Waals surface area contributed by atoms with E-state index in [4.69, 9.17) is 16.9 Å². The lowest BCUT2D eigenvalue weighted by molar-refractivity contribution is 0.641. The lowest BCUT2D eigenvalue weighted by Gasteiger charge is -1.97. The molecule has 0 bridgehead atoms. The zero-order valence-corrected chi connectivity index (χ0v) is 7.92. The van der Waals surface area contributed by atoms with Gasteiger partial charge in [0.1, 0.15) is 11.9 Å². The number of nitrogens with zero attached hydrogens (tertiary/aromatic N) is 1. The van der Waals surface area contributed by atoms with Crippen LogP contribution in [0.3, 0.4) is 0 Å². The Kier molecular flexibility index (Phi) is 1.95. The van der Waals surface area contributed by atoms with Gasteiger partial charge in [0.2, 0.25) is 0 Å². The van der Waals surface area contributed by atoms with E-state index < -0.39 is 0 Å². The van der Waals surface area contributed by atoms with Crippen LogP contribution in [0.25, 0.3) is 10.1 Å². The molecule has 0 N–H and O–H groups in total. The Morgan fingerprint density at radius 2 is 2.31 bits per heavy atom. The molecule has 0 radical (unpaired) electrons. The lowest BCUT2D eigenvalue weighted by Crippen LogP contribution is -1.81. The third-order valence-electron chi connectivity index (χ3n) is 1.75. The number of nitriles is 1. The second-order valence-electron chi connectivity index (χ2n) is 2.50. The molecule has 0 fully saturated rings. The Labute approximate surface area is 83.0 Å². The van der Waals surface area contributed by atoms with Gasteiger partial charge in [0, 0.05) is 5.39 Å². The van der Waals surface area contributed by atoms with E-state index in [2.05, 4.69) is 0 Å². The Balaban J connectivity index is 2.95. The minimum absolute atomic E-state index is 0.185. The molecule has 0 spiro atoms. The maximum atomic E-state index is 13.2. The van der Waals surface area contributed by atoms with Crippen LogP contribution in [0.4, 0.5) is 4.39 Å². The van der Waals surface area contributed by atoms with Gasteiger partial charge in [-0.1, -0.05) is 11.6 Å². The predicted molar refractivity (Wildman–Crippen MR) is 51.5 cm³/mol. The van der Waals surface area contributed by atoms with Gasteiger partial charge in [-0.3, -0.25) is 0 Å². The largest absolute Gasteiger partial charge is 0.205 e. The van der Waals surface area contributed by atoms with Crippen molar-refractivity contribution in [3.8, 4) is 6.07 Å². The van der Waals surface area contributed by atoms with Gasteiger partial charge in [0.25, 0.3) is 0 Å². The smallest absolute Gasteiger partial charge is 0.142 e. The Morgan fingerprint density at radius 3 is 3.00 bits per heavy atom. The van der Waals surface area contributed by atoms with Gasteiger partial charge in [-0.15, -0.1) is 11.3 Å². The summed E-state index contributed by atoms with van der Waals surface area (Å²) in [7, 11) is 0. The van der Waals surface area contributed by atoms with Gasteiger partial charge in [-0.2, -0.15) is 5.26 Å². The van der Waals surface area contributed by atoms with Crippen molar-refractivity contribution in [2.24, 2.45) is 0 Å². The highest BCUT2D eigenvalue weighted by Gasteiger charge is 2.10. The van der Waals surface area contributed by atoms with Crippen molar-refractivity contribution >= 4 is 33.0 Å². The molecule has 0 aliphatic rings. The molecule has 0 atom stereocenters. The molecule has 0 amide bonds.